The van der Waals surface area contributed by atoms with E-state index in [9.17, 15) is 9.90 Å². The van der Waals surface area contributed by atoms with Gasteiger partial charge in [0.15, 0.2) is 5.65 Å². The highest BCUT2D eigenvalue weighted by atomic mass is 16.4. The van der Waals surface area contributed by atoms with Gasteiger partial charge in [0.1, 0.15) is 0 Å². The smallest absolute Gasteiger partial charge is 0.164 e. The van der Waals surface area contributed by atoms with Crippen molar-refractivity contribution in [2.24, 2.45) is 0 Å². The van der Waals surface area contributed by atoms with Crippen LogP contribution in [-0.2, 0) is 6.54 Å². The quantitative estimate of drug-likeness (QED) is 0.682. The van der Waals surface area contributed by atoms with Crippen LogP contribution in [0, 0.1) is 6.92 Å². The average Bonchev–Trinajstić information content (AvgIpc) is 3.01. The van der Waals surface area contributed by atoms with E-state index in [4.69, 9.17) is 0 Å². The van der Waals surface area contributed by atoms with Crippen molar-refractivity contribution in [2.75, 3.05) is 0 Å². The molecule has 0 atom stereocenters. The summed E-state index contributed by atoms with van der Waals surface area (Å²) < 4.78 is 3.31. The molecule has 3 aromatic rings. The maximum absolute atomic E-state index is 11.0. The highest BCUT2D eigenvalue weighted by Crippen LogP contribution is 2.23. The minimum absolute atomic E-state index is 0.0209. The molecule has 3 heterocycles. The van der Waals surface area contributed by atoms with Crippen molar-refractivity contribution in [1.29, 1.82) is 0 Å². The van der Waals surface area contributed by atoms with E-state index in [1.165, 1.54) is 10.7 Å². The van der Waals surface area contributed by atoms with Crippen LogP contribution in [-0.4, -0.2) is 30.3 Å². The zero-order valence-corrected chi connectivity index (χ0v) is 11.1. The summed E-state index contributed by atoms with van der Waals surface area (Å²) in [4.78, 5) is 15.1. The Morgan fingerprint density at radius 2 is 2.25 bits per heavy atom. The summed E-state index contributed by atoms with van der Waals surface area (Å²) >= 11 is 0. The lowest BCUT2D eigenvalue weighted by Gasteiger charge is -2.04. The Morgan fingerprint density at radius 1 is 1.45 bits per heavy atom. The Hall–Kier alpha value is -2.70. The largest absolute Gasteiger partial charge is 0.545 e. The third-order valence-electron chi connectivity index (χ3n) is 3.17. The molecule has 0 amide bonds. The predicted molar refractivity (Wildman–Crippen MR) is 68.9 cm³/mol. The molecule has 0 radical (unpaired) electrons. The first kappa shape index (κ1) is 12.3. The first-order chi connectivity index (χ1) is 9.61. The molecule has 0 spiro atoms. The number of aryl methyl sites for hydroxylation is 2. The van der Waals surface area contributed by atoms with Gasteiger partial charge in [0.05, 0.1) is 29.1 Å². The Kier molecular flexibility index (Phi) is 2.74. The van der Waals surface area contributed by atoms with Gasteiger partial charge in [-0.3, -0.25) is 4.68 Å². The number of hydrogen-bond acceptors (Lipinski definition) is 5. The summed E-state index contributed by atoms with van der Waals surface area (Å²) in [6.07, 6.45) is 4.72. The fourth-order valence-corrected chi connectivity index (χ4v) is 2.17. The molecule has 0 aromatic carbocycles. The highest BCUT2D eigenvalue weighted by molar-refractivity contribution is 5.93. The first-order valence-electron chi connectivity index (χ1n) is 6.20. The van der Waals surface area contributed by atoms with Crippen LogP contribution < -0.4 is 5.11 Å². The van der Waals surface area contributed by atoms with Gasteiger partial charge in [0, 0.05) is 24.5 Å². The lowest BCUT2D eigenvalue weighted by molar-refractivity contribution is -0.254. The molecule has 0 bridgehead atoms. The Morgan fingerprint density at radius 3 is 2.90 bits per heavy atom. The summed E-state index contributed by atoms with van der Waals surface area (Å²) in [6, 6.07) is 1.78. The fourth-order valence-electron chi connectivity index (χ4n) is 2.17. The number of nitrogens with zero attached hydrogens (tertiary/aromatic N) is 5. The van der Waals surface area contributed by atoms with Crippen LogP contribution in [0.2, 0.25) is 0 Å². The molecule has 3 aromatic heterocycles. The van der Waals surface area contributed by atoms with Crippen LogP contribution in [0.1, 0.15) is 23.0 Å². The van der Waals surface area contributed by atoms with Gasteiger partial charge in [-0.2, -0.15) is 10.2 Å². The van der Waals surface area contributed by atoms with Crippen molar-refractivity contribution in [3.63, 3.8) is 0 Å². The lowest BCUT2D eigenvalue weighted by atomic mass is 10.2. The first-order valence-corrected chi connectivity index (χ1v) is 6.20. The minimum atomic E-state index is -1.29. The molecule has 0 unspecified atom stereocenters. The normalized spacial score (nSPS) is 11.1. The Bertz CT molecular complexity index is 802. The average molecular weight is 270 g/mol. The molecule has 102 valence electrons. The number of carboxylic acid groups (broad SMARTS) is 1. The van der Waals surface area contributed by atoms with Crippen LogP contribution in [0.3, 0.4) is 0 Å². The third-order valence-corrected chi connectivity index (χ3v) is 3.17. The topological polar surface area (TPSA) is 88.1 Å². The number of carboxylic acids is 1. The molecule has 3 rings (SSSR count). The number of carbonyl (C=O) groups excluding carboxylic acids is 1. The zero-order valence-electron chi connectivity index (χ0n) is 11.1. The molecular weight excluding hydrogens is 258 g/mol. The number of fused-ring (bicyclic) bond motifs is 1. The van der Waals surface area contributed by atoms with Crippen LogP contribution in [0.4, 0.5) is 0 Å². The van der Waals surface area contributed by atoms with Gasteiger partial charge in [0.25, 0.3) is 0 Å². The van der Waals surface area contributed by atoms with Crippen LogP contribution >= 0.6 is 0 Å². The van der Waals surface area contributed by atoms with E-state index in [0.717, 1.165) is 23.5 Å². The van der Waals surface area contributed by atoms with Gasteiger partial charge in [-0.05, 0) is 19.9 Å². The molecule has 0 aliphatic heterocycles. The Balaban J connectivity index is 2.26. The number of hydrogen-bond donors (Lipinski definition) is 0. The predicted octanol–water partition coefficient (Wildman–Crippen LogP) is 0.285. The molecule has 0 saturated carbocycles. The van der Waals surface area contributed by atoms with E-state index in [0.29, 0.717) is 0 Å². The van der Waals surface area contributed by atoms with Crippen LogP contribution in [0.5, 0.6) is 0 Å². The van der Waals surface area contributed by atoms with E-state index in [1.54, 1.807) is 12.3 Å². The molecule has 0 N–H and O–H groups in total. The van der Waals surface area contributed by atoms with Crippen LogP contribution in [0.25, 0.3) is 16.9 Å². The lowest BCUT2D eigenvalue weighted by Crippen LogP contribution is -2.22. The number of aromatic nitrogens is 5. The Labute approximate surface area is 114 Å². The molecule has 0 aliphatic rings. The second kappa shape index (κ2) is 4.44. The number of aromatic carboxylic acids is 1. The van der Waals surface area contributed by atoms with Gasteiger partial charge >= 0.3 is 0 Å². The summed E-state index contributed by atoms with van der Waals surface area (Å²) in [6.45, 7) is 4.66. The summed E-state index contributed by atoms with van der Waals surface area (Å²) in [5.41, 5.74) is 2.75. The molecule has 0 aliphatic carbocycles. The van der Waals surface area contributed by atoms with Crippen molar-refractivity contribution < 1.29 is 9.90 Å². The van der Waals surface area contributed by atoms with Crippen molar-refractivity contribution in [3.8, 4) is 11.3 Å². The van der Waals surface area contributed by atoms with Crippen molar-refractivity contribution in [3.05, 3.63) is 35.9 Å². The minimum Gasteiger partial charge on any atom is -0.545 e. The van der Waals surface area contributed by atoms with E-state index < -0.39 is 5.97 Å². The van der Waals surface area contributed by atoms with Crippen molar-refractivity contribution in [1.82, 2.24) is 24.4 Å². The van der Waals surface area contributed by atoms with Gasteiger partial charge in [-0.1, -0.05) is 0 Å². The van der Waals surface area contributed by atoms with E-state index >= 15 is 0 Å². The van der Waals surface area contributed by atoms with Crippen LogP contribution in [0.15, 0.2) is 24.7 Å². The molecule has 0 fully saturated rings. The number of rotatable bonds is 3. The van der Waals surface area contributed by atoms with Gasteiger partial charge < -0.3 is 9.90 Å². The molecule has 7 heteroatoms. The fraction of sp³-hybridized carbons (Fsp3) is 0.231. The number of carbonyl (C=O) groups is 1. The van der Waals surface area contributed by atoms with Gasteiger partial charge in [-0.25, -0.2) is 9.50 Å². The molecule has 7 nitrogen and oxygen atoms in total. The van der Waals surface area contributed by atoms with E-state index in [2.05, 4.69) is 15.2 Å². The summed E-state index contributed by atoms with van der Waals surface area (Å²) in [5.74, 6) is -1.29. The highest BCUT2D eigenvalue weighted by Gasteiger charge is 2.14. The van der Waals surface area contributed by atoms with E-state index in [-0.39, 0.29) is 11.2 Å². The monoisotopic (exact) mass is 270 g/mol. The maximum atomic E-state index is 11.0. The summed E-state index contributed by atoms with van der Waals surface area (Å²) in [5, 5.41) is 19.5. The SMILES string of the molecule is CCn1cc(-c2ccnc3c(C(=O)[O-])cnn23)c(C)n1. The standard InChI is InChI=1S/C13H13N5O2/c1-3-17-7-10(8(2)16-17)11-4-5-14-12-9(13(19)20)6-15-18(11)12/h4-7H,3H2,1-2H3,(H,19,20)/p-1. The van der Waals surface area contributed by atoms with Gasteiger partial charge in [0.2, 0.25) is 0 Å². The second-order valence-electron chi connectivity index (χ2n) is 4.40. The van der Waals surface area contributed by atoms with Gasteiger partial charge in [-0.15, -0.1) is 0 Å². The van der Waals surface area contributed by atoms with Crippen molar-refractivity contribution >= 4 is 11.6 Å². The molecule has 0 saturated heterocycles. The second-order valence-corrected chi connectivity index (χ2v) is 4.40. The maximum Gasteiger partial charge on any atom is 0.164 e. The zero-order chi connectivity index (χ0) is 14.3. The third kappa shape index (κ3) is 1.75. The molecular formula is C13H12N5O2-. The van der Waals surface area contributed by atoms with E-state index in [1.807, 2.05) is 24.7 Å². The van der Waals surface area contributed by atoms with Crippen molar-refractivity contribution in [2.45, 2.75) is 20.4 Å². The molecule has 20 heavy (non-hydrogen) atoms. The summed E-state index contributed by atoms with van der Waals surface area (Å²) in [7, 11) is 0.